The van der Waals surface area contributed by atoms with Crippen molar-refractivity contribution < 1.29 is 15.0 Å². The molecule has 0 radical (unpaired) electrons. The third-order valence-corrected chi connectivity index (χ3v) is 2.46. The quantitative estimate of drug-likeness (QED) is 0.445. The summed E-state index contributed by atoms with van der Waals surface area (Å²) in [4.78, 5) is 11.9. The first-order valence-corrected chi connectivity index (χ1v) is 5.01. The van der Waals surface area contributed by atoms with Crippen LogP contribution in [0.4, 0.5) is 0 Å². The lowest BCUT2D eigenvalue weighted by atomic mass is 9.92. The average molecular weight is 216 g/mol. The summed E-state index contributed by atoms with van der Waals surface area (Å²) in [6, 6.07) is 8.92. The zero-order valence-electron chi connectivity index (χ0n) is 8.58. The standard InChI is InChI=1S/C13H12O3/c14-12(10-4-2-1-3-5-10)11-6-8-13(15,16)9-7-11/h1-9,11,15-16H. The fourth-order valence-electron chi connectivity index (χ4n) is 1.58. The van der Waals surface area contributed by atoms with Crippen molar-refractivity contribution in [2.24, 2.45) is 5.92 Å². The first kappa shape index (κ1) is 10.8. The van der Waals surface area contributed by atoms with Crippen molar-refractivity contribution in [3.05, 3.63) is 60.2 Å². The van der Waals surface area contributed by atoms with E-state index in [1.165, 1.54) is 24.3 Å². The molecular formula is C13H12O3. The van der Waals surface area contributed by atoms with Gasteiger partial charge < -0.3 is 10.2 Å². The van der Waals surface area contributed by atoms with Gasteiger partial charge in [-0.3, -0.25) is 4.79 Å². The Hall–Kier alpha value is -1.71. The summed E-state index contributed by atoms with van der Waals surface area (Å²) in [6.45, 7) is 0. The fraction of sp³-hybridized carbons (Fsp3) is 0.154. The molecule has 1 aromatic rings. The second-order valence-electron chi connectivity index (χ2n) is 3.76. The summed E-state index contributed by atoms with van der Waals surface area (Å²) >= 11 is 0. The molecule has 0 heterocycles. The number of ketones is 1. The van der Waals surface area contributed by atoms with Gasteiger partial charge in [-0.1, -0.05) is 42.5 Å². The number of benzene rings is 1. The second kappa shape index (κ2) is 4.04. The number of allylic oxidation sites excluding steroid dienone is 2. The Kier molecular flexibility index (Phi) is 2.73. The first-order chi connectivity index (χ1) is 7.58. The minimum absolute atomic E-state index is 0.0522. The van der Waals surface area contributed by atoms with Gasteiger partial charge in [-0.2, -0.15) is 0 Å². The molecule has 0 aromatic heterocycles. The van der Waals surface area contributed by atoms with E-state index in [1.54, 1.807) is 24.3 Å². The molecule has 0 spiro atoms. The van der Waals surface area contributed by atoms with Gasteiger partial charge in [0.2, 0.25) is 5.79 Å². The van der Waals surface area contributed by atoms with E-state index >= 15 is 0 Å². The van der Waals surface area contributed by atoms with E-state index in [2.05, 4.69) is 0 Å². The van der Waals surface area contributed by atoms with Crippen LogP contribution in [-0.2, 0) is 0 Å². The Morgan fingerprint density at radius 1 is 1.06 bits per heavy atom. The van der Waals surface area contributed by atoms with E-state index in [0.717, 1.165) is 0 Å². The largest absolute Gasteiger partial charge is 0.359 e. The number of rotatable bonds is 2. The first-order valence-electron chi connectivity index (χ1n) is 5.01. The molecule has 1 aromatic carbocycles. The predicted octanol–water partition coefficient (Wildman–Crippen LogP) is 1.29. The van der Waals surface area contributed by atoms with Gasteiger partial charge in [-0.25, -0.2) is 0 Å². The van der Waals surface area contributed by atoms with E-state index in [1.807, 2.05) is 6.07 Å². The molecule has 2 N–H and O–H groups in total. The maximum Gasteiger partial charge on any atom is 0.202 e. The minimum atomic E-state index is -1.92. The van der Waals surface area contributed by atoms with Crippen molar-refractivity contribution in [2.45, 2.75) is 5.79 Å². The molecule has 1 aliphatic carbocycles. The molecule has 16 heavy (non-hydrogen) atoms. The summed E-state index contributed by atoms with van der Waals surface area (Å²) in [5.41, 5.74) is 0.616. The van der Waals surface area contributed by atoms with Crippen LogP contribution in [0.3, 0.4) is 0 Å². The van der Waals surface area contributed by atoms with Gasteiger partial charge in [-0.05, 0) is 12.2 Å². The van der Waals surface area contributed by atoms with E-state index in [-0.39, 0.29) is 5.78 Å². The summed E-state index contributed by atoms with van der Waals surface area (Å²) in [6.07, 6.45) is 5.40. The fourth-order valence-corrected chi connectivity index (χ4v) is 1.58. The molecule has 0 amide bonds. The number of hydrogen-bond donors (Lipinski definition) is 2. The van der Waals surface area contributed by atoms with Gasteiger partial charge in [0.15, 0.2) is 5.78 Å². The van der Waals surface area contributed by atoms with Crippen LogP contribution in [-0.4, -0.2) is 21.8 Å². The molecular weight excluding hydrogens is 204 g/mol. The maximum atomic E-state index is 11.9. The molecule has 2 rings (SSSR count). The number of Topliss-reactive ketones (excluding diaryl/α,β-unsaturated/α-hetero) is 1. The number of carbonyl (C=O) groups is 1. The van der Waals surface area contributed by atoms with Crippen molar-refractivity contribution in [1.29, 1.82) is 0 Å². The molecule has 0 unspecified atom stereocenters. The van der Waals surface area contributed by atoms with Gasteiger partial charge in [0.25, 0.3) is 0 Å². The van der Waals surface area contributed by atoms with Crippen LogP contribution in [0.2, 0.25) is 0 Å². The maximum absolute atomic E-state index is 11.9. The zero-order chi connectivity index (χ0) is 11.6. The topological polar surface area (TPSA) is 57.5 Å². The highest BCUT2D eigenvalue weighted by molar-refractivity contribution is 6.00. The molecule has 0 saturated heterocycles. The monoisotopic (exact) mass is 216 g/mol. The lowest BCUT2D eigenvalue weighted by molar-refractivity contribution is -0.0756. The smallest absolute Gasteiger partial charge is 0.202 e. The summed E-state index contributed by atoms with van der Waals surface area (Å²) in [5, 5.41) is 18.4. The SMILES string of the molecule is O=C(c1ccccc1)C1C=CC(O)(O)C=C1. The minimum Gasteiger partial charge on any atom is -0.359 e. The van der Waals surface area contributed by atoms with E-state index in [0.29, 0.717) is 5.56 Å². The van der Waals surface area contributed by atoms with Crippen molar-refractivity contribution in [3.8, 4) is 0 Å². The normalized spacial score (nSPS) is 18.6. The summed E-state index contributed by atoms with van der Waals surface area (Å²) in [7, 11) is 0. The van der Waals surface area contributed by atoms with Gasteiger partial charge >= 0.3 is 0 Å². The van der Waals surface area contributed by atoms with Crippen molar-refractivity contribution >= 4 is 5.78 Å². The van der Waals surface area contributed by atoms with Crippen LogP contribution in [0.15, 0.2) is 54.6 Å². The van der Waals surface area contributed by atoms with Crippen LogP contribution in [0.1, 0.15) is 10.4 Å². The Bertz CT molecular complexity index is 428. The molecule has 82 valence electrons. The van der Waals surface area contributed by atoms with Crippen molar-refractivity contribution in [3.63, 3.8) is 0 Å². The lowest BCUT2D eigenvalue weighted by Gasteiger charge is -2.19. The average Bonchev–Trinajstić information content (AvgIpc) is 2.29. The lowest BCUT2D eigenvalue weighted by Crippen LogP contribution is -2.26. The number of carbonyl (C=O) groups excluding carboxylic acids is 1. The van der Waals surface area contributed by atoms with Crippen molar-refractivity contribution in [2.75, 3.05) is 0 Å². The molecule has 0 bridgehead atoms. The van der Waals surface area contributed by atoms with Crippen LogP contribution >= 0.6 is 0 Å². The van der Waals surface area contributed by atoms with Crippen molar-refractivity contribution in [1.82, 2.24) is 0 Å². The Morgan fingerprint density at radius 3 is 2.19 bits per heavy atom. The van der Waals surface area contributed by atoms with Crippen LogP contribution < -0.4 is 0 Å². The molecule has 3 heteroatoms. The Labute approximate surface area is 93.4 Å². The molecule has 0 saturated carbocycles. The zero-order valence-corrected chi connectivity index (χ0v) is 8.58. The molecule has 0 atom stereocenters. The van der Waals surface area contributed by atoms with Gasteiger partial charge in [0.05, 0.1) is 5.92 Å². The van der Waals surface area contributed by atoms with Gasteiger partial charge in [0, 0.05) is 5.56 Å². The molecule has 3 nitrogen and oxygen atoms in total. The predicted molar refractivity (Wildman–Crippen MR) is 59.7 cm³/mol. The third kappa shape index (κ3) is 2.27. The van der Waals surface area contributed by atoms with Gasteiger partial charge in [0.1, 0.15) is 0 Å². The highest BCUT2D eigenvalue weighted by Crippen LogP contribution is 2.19. The number of aliphatic hydroxyl groups is 2. The Morgan fingerprint density at radius 2 is 1.62 bits per heavy atom. The summed E-state index contributed by atoms with van der Waals surface area (Å²) < 4.78 is 0. The summed E-state index contributed by atoms with van der Waals surface area (Å²) in [5.74, 6) is -2.40. The highest BCUT2D eigenvalue weighted by Gasteiger charge is 2.23. The van der Waals surface area contributed by atoms with Crippen LogP contribution in [0, 0.1) is 5.92 Å². The molecule has 0 aliphatic heterocycles. The van der Waals surface area contributed by atoms with E-state index in [9.17, 15) is 15.0 Å². The highest BCUT2D eigenvalue weighted by atomic mass is 16.5. The van der Waals surface area contributed by atoms with Gasteiger partial charge in [-0.15, -0.1) is 0 Å². The van der Waals surface area contributed by atoms with Crippen LogP contribution in [0.5, 0.6) is 0 Å². The van der Waals surface area contributed by atoms with E-state index < -0.39 is 11.7 Å². The molecule has 1 aliphatic rings. The third-order valence-electron chi connectivity index (χ3n) is 2.46. The van der Waals surface area contributed by atoms with E-state index in [4.69, 9.17) is 0 Å². The van der Waals surface area contributed by atoms with Crippen LogP contribution in [0.25, 0.3) is 0 Å². The Balaban J connectivity index is 2.18. The number of hydrogen-bond acceptors (Lipinski definition) is 3. The molecule has 0 fully saturated rings. The second-order valence-corrected chi connectivity index (χ2v) is 3.76.